The molecule has 0 radical (unpaired) electrons. The van der Waals surface area contributed by atoms with Crippen molar-refractivity contribution in [1.82, 2.24) is 5.32 Å². The Morgan fingerprint density at radius 1 is 1.53 bits per heavy atom. The topological polar surface area (TPSA) is 70.6 Å². The number of urea groups is 1. The molecule has 5 heteroatoms. The number of amides is 2. The second kappa shape index (κ2) is 6.10. The maximum Gasteiger partial charge on any atom is 0.319 e. The van der Waals surface area contributed by atoms with Gasteiger partial charge in [-0.05, 0) is 25.5 Å². The van der Waals surface area contributed by atoms with Crippen molar-refractivity contribution in [2.45, 2.75) is 19.9 Å². The number of carbonyl (C=O) groups is 1. The number of ether oxygens (including phenoxy) is 1. The third-order valence-electron chi connectivity index (χ3n) is 2.34. The number of carbonyl (C=O) groups excluding carboxylic acids is 1. The van der Waals surface area contributed by atoms with E-state index in [0.717, 1.165) is 5.56 Å². The van der Waals surface area contributed by atoms with Gasteiger partial charge < -0.3 is 20.5 Å². The van der Waals surface area contributed by atoms with Crippen molar-refractivity contribution in [2.24, 2.45) is 0 Å². The molecule has 1 rings (SSSR count). The first-order valence-electron chi connectivity index (χ1n) is 5.40. The maximum atomic E-state index is 11.6. The number of rotatable bonds is 4. The van der Waals surface area contributed by atoms with Crippen molar-refractivity contribution in [3.63, 3.8) is 0 Å². The van der Waals surface area contributed by atoms with Crippen molar-refractivity contribution in [3.8, 4) is 5.75 Å². The quantitative estimate of drug-likeness (QED) is 0.744. The first-order chi connectivity index (χ1) is 8.06. The Bertz CT molecular complexity index is 393. The lowest BCUT2D eigenvalue weighted by Crippen LogP contribution is -2.38. The van der Waals surface area contributed by atoms with E-state index in [2.05, 4.69) is 10.6 Å². The molecule has 0 aliphatic rings. The van der Waals surface area contributed by atoms with Crippen LogP contribution in [0.4, 0.5) is 10.5 Å². The van der Waals surface area contributed by atoms with E-state index in [0.29, 0.717) is 11.4 Å². The first kappa shape index (κ1) is 13.3. The molecule has 0 fully saturated rings. The fourth-order valence-corrected chi connectivity index (χ4v) is 1.29. The molecule has 94 valence electrons. The zero-order valence-corrected chi connectivity index (χ0v) is 10.3. The molecule has 0 saturated heterocycles. The molecule has 0 saturated carbocycles. The van der Waals surface area contributed by atoms with Gasteiger partial charge in [0.15, 0.2) is 0 Å². The maximum absolute atomic E-state index is 11.6. The summed E-state index contributed by atoms with van der Waals surface area (Å²) in [5, 5.41) is 14.1. The van der Waals surface area contributed by atoms with Gasteiger partial charge in [-0.2, -0.15) is 0 Å². The highest BCUT2D eigenvalue weighted by Crippen LogP contribution is 2.21. The minimum atomic E-state index is -0.345. The summed E-state index contributed by atoms with van der Waals surface area (Å²) in [4.78, 5) is 11.6. The van der Waals surface area contributed by atoms with Crippen LogP contribution in [0.1, 0.15) is 12.5 Å². The molecule has 1 aromatic rings. The Hall–Kier alpha value is -1.75. The molecule has 0 aromatic heterocycles. The molecule has 2 amide bonds. The Balaban J connectivity index is 2.70. The number of benzene rings is 1. The smallest absolute Gasteiger partial charge is 0.319 e. The molecule has 0 aliphatic heterocycles. The van der Waals surface area contributed by atoms with E-state index in [4.69, 9.17) is 9.84 Å². The number of aryl methyl sites for hydroxylation is 1. The van der Waals surface area contributed by atoms with Crippen LogP contribution in [-0.4, -0.2) is 30.9 Å². The normalized spacial score (nSPS) is 11.8. The van der Waals surface area contributed by atoms with Crippen molar-refractivity contribution < 1.29 is 14.6 Å². The molecule has 0 heterocycles. The third kappa shape index (κ3) is 3.96. The molecule has 3 N–H and O–H groups in total. The van der Waals surface area contributed by atoms with E-state index in [1.54, 1.807) is 20.1 Å². The molecule has 0 bridgehead atoms. The summed E-state index contributed by atoms with van der Waals surface area (Å²) in [5.74, 6) is 0.682. The largest absolute Gasteiger partial charge is 0.497 e. The minimum absolute atomic E-state index is 0.0927. The lowest BCUT2D eigenvalue weighted by molar-refractivity contribution is 0.229. The zero-order valence-electron chi connectivity index (χ0n) is 10.3. The van der Waals surface area contributed by atoms with Crippen molar-refractivity contribution in [2.75, 3.05) is 19.0 Å². The molecular formula is C12H18N2O3. The molecule has 17 heavy (non-hydrogen) atoms. The predicted octanol–water partition coefficient (Wildman–Crippen LogP) is 1.51. The fourth-order valence-electron chi connectivity index (χ4n) is 1.29. The Kier molecular flexibility index (Phi) is 4.78. The highest BCUT2D eigenvalue weighted by Gasteiger charge is 2.08. The van der Waals surface area contributed by atoms with Crippen LogP contribution in [0, 0.1) is 6.92 Å². The van der Waals surface area contributed by atoms with E-state index in [1.807, 2.05) is 19.1 Å². The molecule has 1 aromatic carbocycles. The summed E-state index contributed by atoms with van der Waals surface area (Å²) < 4.78 is 5.08. The lowest BCUT2D eigenvalue weighted by Gasteiger charge is -2.14. The number of anilines is 1. The average Bonchev–Trinajstić information content (AvgIpc) is 2.31. The van der Waals surface area contributed by atoms with E-state index in [9.17, 15) is 4.79 Å². The molecule has 1 unspecified atom stereocenters. The van der Waals surface area contributed by atoms with Gasteiger partial charge in [0, 0.05) is 11.8 Å². The van der Waals surface area contributed by atoms with Gasteiger partial charge in [0.1, 0.15) is 5.75 Å². The van der Waals surface area contributed by atoms with Gasteiger partial charge in [-0.25, -0.2) is 4.79 Å². The standard InChI is InChI=1S/C12H18N2O3/c1-8-4-5-10(17-3)6-11(8)14-12(16)13-9(2)7-15/h4-6,9,15H,7H2,1-3H3,(H2,13,14,16). The lowest BCUT2D eigenvalue weighted by atomic mass is 10.2. The van der Waals surface area contributed by atoms with Gasteiger partial charge in [0.05, 0.1) is 19.8 Å². The fraction of sp³-hybridized carbons (Fsp3) is 0.417. The van der Waals surface area contributed by atoms with Crippen molar-refractivity contribution in [3.05, 3.63) is 23.8 Å². The Morgan fingerprint density at radius 2 is 2.24 bits per heavy atom. The average molecular weight is 238 g/mol. The molecule has 0 spiro atoms. The Morgan fingerprint density at radius 3 is 2.82 bits per heavy atom. The number of methoxy groups -OCH3 is 1. The number of hydrogen-bond acceptors (Lipinski definition) is 3. The third-order valence-corrected chi connectivity index (χ3v) is 2.34. The summed E-state index contributed by atoms with van der Waals surface area (Å²) in [6, 6.07) is 4.82. The molecule has 0 aliphatic carbocycles. The number of aliphatic hydroxyl groups excluding tert-OH is 1. The second-order valence-corrected chi connectivity index (χ2v) is 3.86. The van der Waals surface area contributed by atoms with Crippen LogP contribution in [0.5, 0.6) is 5.75 Å². The van der Waals surface area contributed by atoms with Gasteiger partial charge >= 0.3 is 6.03 Å². The van der Waals surface area contributed by atoms with Gasteiger partial charge in [-0.3, -0.25) is 0 Å². The van der Waals surface area contributed by atoms with Crippen LogP contribution in [0.25, 0.3) is 0 Å². The van der Waals surface area contributed by atoms with E-state index in [-0.39, 0.29) is 18.7 Å². The summed E-state index contributed by atoms with van der Waals surface area (Å²) in [6.07, 6.45) is 0. The predicted molar refractivity (Wildman–Crippen MR) is 66.4 cm³/mol. The monoisotopic (exact) mass is 238 g/mol. The van der Waals surface area contributed by atoms with Crippen molar-refractivity contribution in [1.29, 1.82) is 0 Å². The number of aliphatic hydroxyl groups is 1. The Labute approximate surface area is 101 Å². The summed E-state index contributed by atoms with van der Waals surface area (Å²) in [5.41, 5.74) is 1.63. The van der Waals surface area contributed by atoms with Gasteiger partial charge in [-0.15, -0.1) is 0 Å². The first-order valence-corrected chi connectivity index (χ1v) is 5.40. The number of hydrogen-bond donors (Lipinski definition) is 3. The molecular weight excluding hydrogens is 220 g/mol. The van der Waals surface area contributed by atoms with Gasteiger partial charge in [0.2, 0.25) is 0 Å². The van der Waals surface area contributed by atoms with E-state index >= 15 is 0 Å². The zero-order chi connectivity index (χ0) is 12.8. The van der Waals surface area contributed by atoms with Crippen LogP contribution >= 0.6 is 0 Å². The highest BCUT2D eigenvalue weighted by atomic mass is 16.5. The van der Waals surface area contributed by atoms with Crippen LogP contribution in [-0.2, 0) is 0 Å². The highest BCUT2D eigenvalue weighted by molar-refractivity contribution is 5.90. The SMILES string of the molecule is COc1ccc(C)c(NC(=O)NC(C)CO)c1. The molecule has 5 nitrogen and oxygen atoms in total. The second-order valence-electron chi connectivity index (χ2n) is 3.86. The summed E-state index contributed by atoms with van der Waals surface area (Å²) >= 11 is 0. The van der Waals surface area contributed by atoms with E-state index in [1.165, 1.54) is 0 Å². The van der Waals surface area contributed by atoms with Crippen LogP contribution in [0.2, 0.25) is 0 Å². The summed E-state index contributed by atoms with van der Waals surface area (Å²) in [6.45, 7) is 3.52. The van der Waals surface area contributed by atoms with E-state index < -0.39 is 0 Å². The summed E-state index contributed by atoms with van der Waals surface area (Å²) in [7, 11) is 1.57. The van der Waals surface area contributed by atoms with Gasteiger partial charge in [-0.1, -0.05) is 6.07 Å². The van der Waals surface area contributed by atoms with Crippen molar-refractivity contribution >= 4 is 11.7 Å². The van der Waals surface area contributed by atoms with Crippen LogP contribution < -0.4 is 15.4 Å². The van der Waals surface area contributed by atoms with Gasteiger partial charge in [0.25, 0.3) is 0 Å². The number of nitrogens with one attached hydrogen (secondary N) is 2. The minimum Gasteiger partial charge on any atom is -0.497 e. The van der Waals surface area contributed by atoms with Crippen LogP contribution in [0.3, 0.4) is 0 Å². The van der Waals surface area contributed by atoms with Crippen LogP contribution in [0.15, 0.2) is 18.2 Å². The molecule has 1 atom stereocenters.